The topological polar surface area (TPSA) is 30.8 Å². The summed E-state index contributed by atoms with van der Waals surface area (Å²) in [6.07, 6.45) is 1.88. The molecule has 0 atom stereocenters. The highest BCUT2D eigenvalue weighted by atomic mass is 16.7. The Labute approximate surface area is 106 Å². The first kappa shape index (κ1) is 10.8. The molecule has 0 aromatic heterocycles. The minimum absolute atomic E-state index is 0.312. The first-order valence-corrected chi connectivity index (χ1v) is 5.85. The third-order valence-electron chi connectivity index (χ3n) is 2.75. The van der Waals surface area contributed by atoms with Crippen LogP contribution in [0.5, 0.6) is 11.5 Å². The highest BCUT2D eigenvalue weighted by Crippen LogP contribution is 2.32. The van der Waals surface area contributed by atoms with Crippen LogP contribution in [0.15, 0.2) is 53.5 Å². The van der Waals surface area contributed by atoms with E-state index in [1.165, 1.54) is 0 Å². The lowest BCUT2D eigenvalue weighted by molar-refractivity contribution is 0.174. The van der Waals surface area contributed by atoms with Crippen molar-refractivity contribution in [3.8, 4) is 11.5 Å². The molecule has 3 nitrogen and oxygen atoms in total. The predicted molar refractivity (Wildman–Crippen MR) is 70.3 cm³/mol. The SMILES string of the molecule is C(=NCc1ccc2c(c1)OCO2)c1ccccc1. The van der Waals surface area contributed by atoms with Crippen molar-refractivity contribution < 1.29 is 9.47 Å². The molecule has 0 bridgehead atoms. The second-order valence-electron chi connectivity index (χ2n) is 4.07. The van der Waals surface area contributed by atoms with Crippen LogP contribution in [0.1, 0.15) is 11.1 Å². The maximum absolute atomic E-state index is 5.33. The van der Waals surface area contributed by atoms with Gasteiger partial charge in [0, 0.05) is 6.21 Å². The van der Waals surface area contributed by atoms with E-state index in [0.717, 1.165) is 22.6 Å². The third kappa shape index (κ3) is 2.35. The molecular weight excluding hydrogens is 226 g/mol. The maximum atomic E-state index is 5.33. The fourth-order valence-corrected chi connectivity index (χ4v) is 1.83. The second-order valence-corrected chi connectivity index (χ2v) is 4.07. The van der Waals surface area contributed by atoms with E-state index in [2.05, 4.69) is 4.99 Å². The van der Waals surface area contributed by atoms with Gasteiger partial charge < -0.3 is 9.47 Å². The molecule has 90 valence electrons. The Kier molecular flexibility index (Phi) is 2.96. The van der Waals surface area contributed by atoms with Crippen LogP contribution < -0.4 is 9.47 Å². The van der Waals surface area contributed by atoms with Crippen molar-refractivity contribution in [3.63, 3.8) is 0 Å². The van der Waals surface area contributed by atoms with Crippen molar-refractivity contribution in [1.82, 2.24) is 0 Å². The van der Waals surface area contributed by atoms with Crippen molar-refractivity contribution in [3.05, 3.63) is 59.7 Å². The van der Waals surface area contributed by atoms with Gasteiger partial charge in [-0.15, -0.1) is 0 Å². The van der Waals surface area contributed by atoms with Crippen molar-refractivity contribution in [2.24, 2.45) is 4.99 Å². The Balaban J connectivity index is 1.68. The van der Waals surface area contributed by atoms with Gasteiger partial charge in [0.2, 0.25) is 6.79 Å². The number of hydrogen-bond acceptors (Lipinski definition) is 3. The average Bonchev–Trinajstić information content (AvgIpc) is 2.87. The minimum atomic E-state index is 0.312. The number of aliphatic imine (C=N–C) groups is 1. The first-order valence-electron chi connectivity index (χ1n) is 5.85. The third-order valence-corrected chi connectivity index (χ3v) is 2.75. The summed E-state index contributed by atoms with van der Waals surface area (Å²) < 4.78 is 10.6. The molecule has 3 rings (SSSR count). The molecule has 0 saturated carbocycles. The van der Waals surface area contributed by atoms with Gasteiger partial charge >= 0.3 is 0 Å². The summed E-state index contributed by atoms with van der Waals surface area (Å²) in [5.74, 6) is 1.62. The predicted octanol–water partition coefficient (Wildman–Crippen LogP) is 3.03. The lowest BCUT2D eigenvalue weighted by Crippen LogP contribution is -1.92. The zero-order chi connectivity index (χ0) is 12.2. The van der Waals surface area contributed by atoms with E-state index >= 15 is 0 Å². The summed E-state index contributed by atoms with van der Waals surface area (Å²) in [6, 6.07) is 16.0. The molecule has 3 heteroatoms. The van der Waals surface area contributed by atoms with Crippen molar-refractivity contribution in [1.29, 1.82) is 0 Å². The summed E-state index contributed by atoms with van der Waals surface area (Å²) >= 11 is 0. The van der Waals surface area contributed by atoms with E-state index in [-0.39, 0.29) is 0 Å². The molecule has 0 aliphatic carbocycles. The maximum Gasteiger partial charge on any atom is 0.231 e. The molecule has 0 amide bonds. The normalized spacial score (nSPS) is 13.1. The van der Waals surface area contributed by atoms with Crippen LogP contribution in [0, 0.1) is 0 Å². The van der Waals surface area contributed by atoms with E-state index in [1.807, 2.05) is 54.7 Å². The van der Waals surface area contributed by atoms with Gasteiger partial charge in [-0.25, -0.2) is 0 Å². The fourth-order valence-electron chi connectivity index (χ4n) is 1.83. The molecule has 18 heavy (non-hydrogen) atoms. The molecule has 1 aliphatic rings. The highest BCUT2D eigenvalue weighted by Gasteiger charge is 2.12. The minimum Gasteiger partial charge on any atom is -0.454 e. The van der Waals surface area contributed by atoms with E-state index in [4.69, 9.17) is 9.47 Å². The zero-order valence-electron chi connectivity index (χ0n) is 9.87. The van der Waals surface area contributed by atoms with Gasteiger partial charge in [-0.1, -0.05) is 36.4 Å². The molecule has 2 aromatic carbocycles. The zero-order valence-corrected chi connectivity index (χ0v) is 9.87. The van der Waals surface area contributed by atoms with Crippen LogP contribution in [0.3, 0.4) is 0 Å². The Bertz CT molecular complexity index is 564. The van der Waals surface area contributed by atoms with E-state index in [1.54, 1.807) is 0 Å². The molecule has 0 N–H and O–H groups in total. The largest absolute Gasteiger partial charge is 0.454 e. The van der Waals surface area contributed by atoms with Gasteiger partial charge in [0.05, 0.1) is 6.54 Å². The lowest BCUT2D eigenvalue weighted by atomic mass is 10.2. The Morgan fingerprint density at radius 1 is 1.00 bits per heavy atom. The molecule has 1 heterocycles. The monoisotopic (exact) mass is 239 g/mol. The quantitative estimate of drug-likeness (QED) is 0.771. The summed E-state index contributed by atoms with van der Waals surface area (Å²) in [5, 5.41) is 0. The van der Waals surface area contributed by atoms with E-state index in [9.17, 15) is 0 Å². The number of hydrogen-bond donors (Lipinski definition) is 0. The van der Waals surface area contributed by atoms with Gasteiger partial charge in [-0.3, -0.25) is 4.99 Å². The van der Waals surface area contributed by atoms with Crippen molar-refractivity contribution in [2.75, 3.05) is 6.79 Å². The van der Waals surface area contributed by atoms with E-state index in [0.29, 0.717) is 13.3 Å². The smallest absolute Gasteiger partial charge is 0.231 e. The molecule has 0 unspecified atom stereocenters. The first-order chi connectivity index (χ1) is 8.92. The Hall–Kier alpha value is -2.29. The number of nitrogens with zero attached hydrogens (tertiary/aromatic N) is 1. The number of benzene rings is 2. The molecular formula is C15H13NO2. The van der Waals surface area contributed by atoms with E-state index < -0.39 is 0 Å². The summed E-state index contributed by atoms with van der Waals surface area (Å²) in [5.41, 5.74) is 2.23. The molecule has 1 aliphatic heterocycles. The van der Waals surface area contributed by atoms with Crippen LogP contribution in [0.4, 0.5) is 0 Å². The lowest BCUT2D eigenvalue weighted by Gasteiger charge is -1.99. The fraction of sp³-hybridized carbons (Fsp3) is 0.133. The van der Waals surface area contributed by atoms with Crippen LogP contribution in [0.25, 0.3) is 0 Å². The van der Waals surface area contributed by atoms with Crippen LogP contribution in [-0.2, 0) is 6.54 Å². The standard InChI is InChI=1S/C15H13NO2/c1-2-4-12(5-3-1)9-16-10-13-6-7-14-15(8-13)18-11-17-14/h1-9H,10-11H2. The Morgan fingerprint density at radius 3 is 2.72 bits per heavy atom. The van der Waals surface area contributed by atoms with Gasteiger partial charge in [-0.05, 0) is 23.3 Å². The summed E-state index contributed by atoms with van der Waals surface area (Å²) in [6.45, 7) is 0.956. The average molecular weight is 239 g/mol. The van der Waals surface area contributed by atoms with Crippen LogP contribution in [-0.4, -0.2) is 13.0 Å². The summed E-state index contributed by atoms with van der Waals surface area (Å²) in [7, 11) is 0. The molecule has 2 aromatic rings. The van der Waals surface area contributed by atoms with Gasteiger partial charge in [0.1, 0.15) is 0 Å². The van der Waals surface area contributed by atoms with Crippen molar-refractivity contribution in [2.45, 2.75) is 6.54 Å². The molecule has 0 radical (unpaired) electrons. The van der Waals surface area contributed by atoms with Gasteiger partial charge in [0.25, 0.3) is 0 Å². The van der Waals surface area contributed by atoms with Crippen LogP contribution in [0.2, 0.25) is 0 Å². The van der Waals surface area contributed by atoms with Gasteiger partial charge in [0.15, 0.2) is 11.5 Å². The van der Waals surface area contributed by atoms with Gasteiger partial charge in [-0.2, -0.15) is 0 Å². The second kappa shape index (κ2) is 4.92. The highest BCUT2D eigenvalue weighted by molar-refractivity contribution is 5.79. The Morgan fingerprint density at radius 2 is 1.83 bits per heavy atom. The molecule has 0 saturated heterocycles. The number of fused-ring (bicyclic) bond motifs is 1. The molecule has 0 fully saturated rings. The molecule has 0 spiro atoms. The number of ether oxygens (including phenoxy) is 2. The summed E-state index contributed by atoms with van der Waals surface area (Å²) in [4.78, 5) is 4.42. The van der Waals surface area contributed by atoms with Crippen molar-refractivity contribution >= 4 is 6.21 Å². The van der Waals surface area contributed by atoms with Crippen LogP contribution >= 0.6 is 0 Å². The number of rotatable bonds is 3.